The van der Waals surface area contributed by atoms with Crippen molar-refractivity contribution in [2.45, 2.75) is 32.6 Å². The summed E-state index contributed by atoms with van der Waals surface area (Å²) in [6, 6.07) is 4.21. The molecule has 1 aromatic rings. The van der Waals surface area contributed by atoms with Crippen LogP contribution in [0.2, 0.25) is 0 Å². The zero-order chi connectivity index (χ0) is 14.3. The van der Waals surface area contributed by atoms with Gasteiger partial charge in [0.1, 0.15) is 5.82 Å². The number of rotatable bonds is 7. The van der Waals surface area contributed by atoms with E-state index in [1.54, 1.807) is 6.07 Å². The van der Waals surface area contributed by atoms with Gasteiger partial charge in [-0.05, 0) is 59.4 Å². The highest BCUT2D eigenvalue weighted by Gasteiger charge is 2.10. The quantitative estimate of drug-likeness (QED) is 0.801. The Balaban J connectivity index is 2.46. The topological polar surface area (TPSA) is 55.1 Å². The van der Waals surface area contributed by atoms with E-state index in [4.69, 9.17) is 5.73 Å². The summed E-state index contributed by atoms with van der Waals surface area (Å²) in [5, 5.41) is 2.78. The molecule has 0 aromatic heterocycles. The summed E-state index contributed by atoms with van der Waals surface area (Å²) in [5.74, 6) is 0.106. The van der Waals surface area contributed by atoms with Crippen LogP contribution < -0.4 is 11.1 Å². The lowest BCUT2D eigenvalue weighted by molar-refractivity contribution is -0.116. The predicted octanol–water partition coefficient (Wildman–Crippen LogP) is 3.68. The average Bonchev–Trinajstić information content (AvgIpc) is 2.38. The second-order valence-corrected chi connectivity index (χ2v) is 5.42. The van der Waals surface area contributed by atoms with Crippen LogP contribution in [0.1, 0.15) is 32.6 Å². The maximum atomic E-state index is 12.9. The molecule has 0 saturated heterocycles. The number of halogens is 2. The smallest absolute Gasteiger partial charge is 0.224 e. The average molecular weight is 331 g/mol. The standard InChI is InChI=1S/C14H20BrFN2O/c1-2-10(7-8-17)3-6-14(19)18-13-5-4-11(16)9-12(13)15/h4-5,9-10H,2-3,6-8,17H2,1H3,(H,18,19). The highest BCUT2D eigenvalue weighted by Crippen LogP contribution is 2.23. The highest BCUT2D eigenvalue weighted by atomic mass is 79.9. The molecule has 0 fully saturated rings. The molecule has 0 aliphatic carbocycles. The van der Waals surface area contributed by atoms with Gasteiger partial charge in [0.15, 0.2) is 0 Å². The Bertz CT molecular complexity index is 426. The van der Waals surface area contributed by atoms with Crippen molar-refractivity contribution in [1.29, 1.82) is 0 Å². The van der Waals surface area contributed by atoms with Crippen molar-refractivity contribution in [3.63, 3.8) is 0 Å². The van der Waals surface area contributed by atoms with Crippen LogP contribution in [-0.4, -0.2) is 12.5 Å². The van der Waals surface area contributed by atoms with Crippen molar-refractivity contribution in [3.05, 3.63) is 28.5 Å². The third kappa shape index (κ3) is 5.70. The minimum Gasteiger partial charge on any atom is -0.330 e. The normalized spacial score (nSPS) is 12.2. The number of nitrogens with one attached hydrogen (secondary N) is 1. The molecule has 5 heteroatoms. The molecule has 3 nitrogen and oxygen atoms in total. The van der Waals surface area contributed by atoms with Gasteiger partial charge in [-0.1, -0.05) is 13.3 Å². The fourth-order valence-electron chi connectivity index (χ4n) is 1.93. The van der Waals surface area contributed by atoms with Crippen molar-refractivity contribution >= 4 is 27.5 Å². The minimum atomic E-state index is -0.334. The summed E-state index contributed by atoms with van der Waals surface area (Å²) in [7, 11) is 0. The van der Waals surface area contributed by atoms with E-state index >= 15 is 0 Å². The lowest BCUT2D eigenvalue weighted by Gasteiger charge is -2.13. The van der Waals surface area contributed by atoms with Crippen molar-refractivity contribution in [2.75, 3.05) is 11.9 Å². The van der Waals surface area contributed by atoms with Gasteiger partial charge in [-0.25, -0.2) is 4.39 Å². The highest BCUT2D eigenvalue weighted by molar-refractivity contribution is 9.10. The van der Waals surface area contributed by atoms with Gasteiger partial charge >= 0.3 is 0 Å². The van der Waals surface area contributed by atoms with Crippen LogP contribution in [0, 0.1) is 11.7 Å². The van der Waals surface area contributed by atoms with Crippen molar-refractivity contribution in [3.8, 4) is 0 Å². The van der Waals surface area contributed by atoms with Gasteiger partial charge in [-0.2, -0.15) is 0 Å². The lowest BCUT2D eigenvalue weighted by Crippen LogP contribution is -2.15. The van der Waals surface area contributed by atoms with Gasteiger partial charge in [0.2, 0.25) is 5.91 Å². The van der Waals surface area contributed by atoms with Crippen molar-refractivity contribution in [1.82, 2.24) is 0 Å². The second-order valence-electron chi connectivity index (χ2n) is 4.56. The van der Waals surface area contributed by atoms with E-state index in [9.17, 15) is 9.18 Å². The number of amides is 1. The minimum absolute atomic E-state index is 0.0530. The molecule has 0 saturated carbocycles. The predicted molar refractivity (Wildman–Crippen MR) is 79.4 cm³/mol. The molecule has 106 valence electrons. The van der Waals surface area contributed by atoms with E-state index in [1.165, 1.54) is 12.1 Å². The number of carbonyl (C=O) groups is 1. The Hall–Kier alpha value is -0.940. The van der Waals surface area contributed by atoms with Crippen LogP contribution in [0.5, 0.6) is 0 Å². The number of carbonyl (C=O) groups excluding carboxylic acids is 1. The van der Waals surface area contributed by atoms with E-state index in [2.05, 4.69) is 28.2 Å². The Kier molecular flexibility index (Phi) is 7.02. The van der Waals surface area contributed by atoms with Crippen LogP contribution in [-0.2, 0) is 4.79 Å². The summed E-state index contributed by atoms with van der Waals surface area (Å²) in [6.07, 6.45) is 3.27. The number of nitrogens with two attached hydrogens (primary N) is 1. The zero-order valence-electron chi connectivity index (χ0n) is 11.1. The van der Waals surface area contributed by atoms with Crippen LogP contribution in [0.15, 0.2) is 22.7 Å². The van der Waals surface area contributed by atoms with Gasteiger partial charge < -0.3 is 11.1 Å². The molecule has 0 spiro atoms. The van der Waals surface area contributed by atoms with E-state index in [0.717, 1.165) is 19.3 Å². The first-order valence-electron chi connectivity index (χ1n) is 6.51. The fourth-order valence-corrected chi connectivity index (χ4v) is 2.38. The Morgan fingerprint density at radius 2 is 2.21 bits per heavy atom. The summed E-state index contributed by atoms with van der Waals surface area (Å²) in [5.41, 5.74) is 6.12. The van der Waals surface area contributed by atoms with Crippen LogP contribution in [0.4, 0.5) is 10.1 Å². The number of benzene rings is 1. The van der Waals surface area contributed by atoms with Crippen LogP contribution in [0.25, 0.3) is 0 Å². The zero-order valence-corrected chi connectivity index (χ0v) is 12.7. The lowest BCUT2D eigenvalue weighted by atomic mass is 9.96. The van der Waals surface area contributed by atoms with E-state index < -0.39 is 0 Å². The van der Waals surface area contributed by atoms with Crippen LogP contribution >= 0.6 is 15.9 Å². The molecule has 1 rings (SSSR count). The third-order valence-corrected chi connectivity index (χ3v) is 3.79. The molecule has 0 aliphatic rings. The molecule has 1 amide bonds. The largest absolute Gasteiger partial charge is 0.330 e. The van der Waals surface area contributed by atoms with Crippen molar-refractivity contribution in [2.24, 2.45) is 11.7 Å². The summed E-state index contributed by atoms with van der Waals surface area (Å²) < 4.78 is 13.5. The summed E-state index contributed by atoms with van der Waals surface area (Å²) >= 11 is 3.22. The van der Waals surface area contributed by atoms with Crippen molar-refractivity contribution < 1.29 is 9.18 Å². The molecular weight excluding hydrogens is 311 g/mol. The van der Waals surface area contributed by atoms with Gasteiger partial charge in [-0.15, -0.1) is 0 Å². The molecule has 1 aromatic carbocycles. The first kappa shape index (κ1) is 16.1. The molecular formula is C14H20BrFN2O. The SMILES string of the molecule is CCC(CCN)CCC(=O)Nc1ccc(F)cc1Br. The van der Waals surface area contributed by atoms with Crippen LogP contribution in [0.3, 0.4) is 0 Å². The maximum Gasteiger partial charge on any atom is 0.224 e. The molecule has 1 unspecified atom stereocenters. The third-order valence-electron chi connectivity index (χ3n) is 3.14. The number of hydrogen-bond donors (Lipinski definition) is 2. The fraction of sp³-hybridized carbons (Fsp3) is 0.500. The Morgan fingerprint density at radius 3 is 2.79 bits per heavy atom. The molecule has 0 bridgehead atoms. The first-order chi connectivity index (χ1) is 9.06. The molecule has 0 radical (unpaired) electrons. The molecule has 0 heterocycles. The molecule has 3 N–H and O–H groups in total. The summed E-state index contributed by atoms with van der Waals surface area (Å²) in [4.78, 5) is 11.8. The Labute approximate surface area is 121 Å². The molecule has 1 atom stereocenters. The van der Waals surface area contributed by atoms with E-state index in [1.807, 2.05) is 0 Å². The number of anilines is 1. The first-order valence-corrected chi connectivity index (χ1v) is 7.31. The van der Waals surface area contributed by atoms with E-state index in [0.29, 0.717) is 29.0 Å². The van der Waals surface area contributed by atoms with Gasteiger partial charge in [-0.3, -0.25) is 4.79 Å². The van der Waals surface area contributed by atoms with Gasteiger partial charge in [0, 0.05) is 10.9 Å². The number of hydrogen-bond acceptors (Lipinski definition) is 2. The molecule has 0 aliphatic heterocycles. The van der Waals surface area contributed by atoms with Gasteiger partial charge in [0.05, 0.1) is 5.69 Å². The Morgan fingerprint density at radius 1 is 1.47 bits per heavy atom. The van der Waals surface area contributed by atoms with Gasteiger partial charge in [0.25, 0.3) is 0 Å². The second kappa shape index (κ2) is 8.27. The molecule has 19 heavy (non-hydrogen) atoms. The summed E-state index contributed by atoms with van der Waals surface area (Å²) in [6.45, 7) is 2.76. The van der Waals surface area contributed by atoms with E-state index in [-0.39, 0.29) is 11.7 Å². The maximum absolute atomic E-state index is 12.9. The monoisotopic (exact) mass is 330 g/mol.